The number of benzene rings is 2. The molecule has 0 radical (unpaired) electrons. The van der Waals surface area contributed by atoms with Crippen molar-refractivity contribution in [3.05, 3.63) is 58.8 Å². The molecule has 0 saturated heterocycles. The zero-order valence-corrected chi connectivity index (χ0v) is 16.5. The Bertz CT molecular complexity index is 1040. The molecule has 1 heterocycles. The second-order valence-electron chi connectivity index (χ2n) is 6.90. The Morgan fingerprint density at radius 3 is 2.54 bits per heavy atom. The molecule has 3 rings (SSSR count). The number of amides is 2. The number of methoxy groups -OCH3 is 1. The van der Waals surface area contributed by atoms with Gasteiger partial charge in [-0.25, -0.2) is 0 Å². The SMILES string of the molecule is COc1ccc(C)cc1NC(=O)CNC(=O)Cc1coc2cc(C)c(C)cc12. The van der Waals surface area contributed by atoms with Crippen molar-refractivity contribution >= 4 is 28.5 Å². The number of hydrogen-bond donors (Lipinski definition) is 2. The molecule has 0 bridgehead atoms. The lowest BCUT2D eigenvalue weighted by Crippen LogP contribution is -2.33. The van der Waals surface area contributed by atoms with Gasteiger partial charge in [-0.3, -0.25) is 9.59 Å². The van der Waals surface area contributed by atoms with Crippen LogP contribution in [0.4, 0.5) is 5.69 Å². The van der Waals surface area contributed by atoms with Crippen molar-refractivity contribution in [3.63, 3.8) is 0 Å². The number of carbonyl (C=O) groups is 2. The molecular formula is C22H24N2O4. The molecule has 2 aromatic carbocycles. The van der Waals surface area contributed by atoms with Gasteiger partial charge in [-0.1, -0.05) is 6.07 Å². The Balaban J connectivity index is 1.60. The number of fused-ring (bicyclic) bond motifs is 1. The fraction of sp³-hybridized carbons (Fsp3) is 0.273. The van der Waals surface area contributed by atoms with E-state index in [1.54, 1.807) is 19.4 Å². The third-order valence-corrected chi connectivity index (χ3v) is 4.70. The van der Waals surface area contributed by atoms with Gasteiger partial charge in [0.25, 0.3) is 0 Å². The minimum absolute atomic E-state index is 0.121. The number of rotatable bonds is 6. The van der Waals surface area contributed by atoms with Crippen LogP contribution in [-0.2, 0) is 16.0 Å². The predicted octanol–water partition coefficient (Wildman–Crippen LogP) is 3.66. The second kappa shape index (κ2) is 8.17. The van der Waals surface area contributed by atoms with Crippen molar-refractivity contribution in [3.8, 4) is 5.75 Å². The first-order valence-corrected chi connectivity index (χ1v) is 9.06. The van der Waals surface area contributed by atoms with Gasteiger partial charge in [0.1, 0.15) is 11.3 Å². The molecule has 3 aromatic rings. The zero-order chi connectivity index (χ0) is 20.3. The average Bonchev–Trinajstić information content (AvgIpc) is 3.02. The van der Waals surface area contributed by atoms with Gasteiger partial charge in [-0.05, 0) is 61.7 Å². The zero-order valence-electron chi connectivity index (χ0n) is 16.5. The second-order valence-corrected chi connectivity index (χ2v) is 6.90. The molecule has 0 fully saturated rings. The molecule has 0 saturated carbocycles. The monoisotopic (exact) mass is 380 g/mol. The highest BCUT2D eigenvalue weighted by molar-refractivity contribution is 5.96. The number of nitrogens with one attached hydrogen (secondary N) is 2. The highest BCUT2D eigenvalue weighted by Crippen LogP contribution is 2.26. The van der Waals surface area contributed by atoms with Crippen molar-refractivity contribution in [2.75, 3.05) is 19.0 Å². The summed E-state index contributed by atoms with van der Waals surface area (Å²) in [4.78, 5) is 24.5. The standard InChI is InChI=1S/C22H24N2O4/c1-13-5-6-19(27-4)18(7-13)24-22(26)11-23-21(25)10-16-12-28-20-9-15(3)14(2)8-17(16)20/h5-9,12H,10-11H2,1-4H3,(H,23,25)(H,24,26). The van der Waals surface area contributed by atoms with E-state index in [9.17, 15) is 9.59 Å². The van der Waals surface area contributed by atoms with E-state index in [1.165, 1.54) is 0 Å². The highest BCUT2D eigenvalue weighted by atomic mass is 16.5. The van der Waals surface area contributed by atoms with Crippen LogP contribution >= 0.6 is 0 Å². The average molecular weight is 380 g/mol. The summed E-state index contributed by atoms with van der Waals surface area (Å²) in [5, 5.41) is 6.34. The van der Waals surface area contributed by atoms with Crippen LogP contribution in [0.25, 0.3) is 11.0 Å². The van der Waals surface area contributed by atoms with Crippen molar-refractivity contribution in [2.24, 2.45) is 0 Å². The Morgan fingerprint density at radius 1 is 1.04 bits per heavy atom. The van der Waals surface area contributed by atoms with Crippen molar-refractivity contribution in [2.45, 2.75) is 27.2 Å². The lowest BCUT2D eigenvalue weighted by molar-refractivity contribution is -0.123. The first-order chi connectivity index (χ1) is 13.4. The number of anilines is 1. The third kappa shape index (κ3) is 4.34. The van der Waals surface area contributed by atoms with Gasteiger partial charge < -0.3 is 19.8 Å². The fourth-order valence-electron chi connectivity index (χ4n) is 3.00. The van der Waals surface area contributed by atoms with E-state index < -0.39 is 0 Å². The first-order valence-electron chi connectivity index (χ1n) is 9.06. The van der Waals surface area contributed by atoms with Crippen LogP contribution < -0.4 is 15.4 Å². The molecule has 146 valence electrons. The number of ether oxygens (including phenoxy) is 1. The van der Waals surface area contributed by atoms with Gasteiger partial charge in [0.2, 0.25) is 11.8 Å². The molecular weight excluding hydrogens is 356 g/mol. The minimum Gasteiger partial charge on any atom is -0.495 e. The van der Waals surface area contributed by atoms with Crippen LogP contribution in [0.3, 0.4) is 0 Å². The van der Waals surface area contributed by atoms with Crippen molar-refractivity contribution < 1.29 is 18.7 Å². The van der Waals surface area contributed by atoms with Gasteiger partial charge in [0, 0.05) is 10.9 Å². The molecule has 0 atom stereocenters. The van der Waals surface area contributed by atoms with Crippen molar-refractivity contribution in [1.29, 1.82) is 0 Å². The molecule has 0 aliphatic carbocycles. The summed E-state index contributed by atoms with van der Waals surface area (Å²) >= 11 is 0. The van der Waals surface area contributed by atoms with E-state index in [2.05, 4.69) is 10.6 Å². The quantitative estimate of drug-likeness (QED) is 0.684. The van der Waals surface area contributed by atoms with E-state index >= 15 is 0 Å². The molecule has 6 nitrogen and oxygen atoms in total. The fourth-order valence-corrected chi connectivity index (χ4v) is 3.00. The van der Waals surface area contributed by atoms with E-state index in [-0.39, 0.29) is 24.8 Å². The van der Waals surface area contributed by atoms with E-state index in [0.29, 0.717) is 11.4 Å². The summed E-state index contributed by atoms with van der Waals surface area (Å²) in [5.41, 5.74) is 5.42. The lowest BCUT2D eigenvalue weighted by atomic mass is 10.0. The van der Waals surface area contributed by atoms with Crippen LogP contribution in [0.1, 0.15) is 22.3 Å². The van der Waals surface area contributed by atoms with Crippen molar-refractivity contribution in [1.82, 2.24) is 5.32 Å². The van der Waals surface area contributed by atoms with Gasteiger partial charge in [0.15, 0.2) is 0 Å². The topological polar surface area (TPSA) is 80.6 Å². The highest BCUT2D eigenvalue weighted by Gasteiger charge is 2.13. The Morgan fingerprint density at radius 2 is 1.79 bits per heavy atom. The predicted molar refractivity (Wildman–Crippen MR) is 109 cm³/mol. The molecule has 2 N–H and O–H groups in total. The number of aryl methyl sites for hydroxylation is 3. The molecule has 2 amide bonds. The molecule has 28 heavy (non-hydrogen) atoms. The van der Waals surface area contributed by atoms with Crippen LogP contribution in [0.15, 0.2) is 41.0 Å². The number of carbonyl (C=O) groups excluding carboxylic acids is 2. The molecule has 0 unspecified atom stereocenters. The van der Waals surface area contributed by atoms with Gasteiger partial charge >= 0.3 is 0 Å². The minimum atomic E-state index is -0.319. The van der Waals surface area contributed by atoms with Crippen LogP contribution in [-0.4, -0.2) is 25.5 Å². The third-order valence-electron chi connectivity index (χ3n) is 4.70. The Labute approximate surface area is 163 Å². The molecule has 0 aliphatic rings. The maximum atomic E-state index is 12.3. The van der Waals surface area contributed by atoms with Gasteiger partial charge in [-0.15, -0.1) is 0 Å². The summed E-state index contributed by atoms with van der Waals surface area (Å²) in [7, 11) is 1.54. The molecule has 6 heteroatoms. The normalized spacial score (nSPS) is 10.7. The van der Waals surface area contributed by atoms with Crippen LogP contribution in [0.2, 0.25) is 0 Å². The molecule has 0 spiro atoms. The van der Waals surface area contributed by atoms with E-state index in [1.807, 2.05) is 45.0 Å². The number of furan rings is 1. The summed E-state index contributed by atoms with van der Waals surface area (Å²) in [6.45, 7) is 5.85. The van der Waals surface area contributed by atoms with E-state index in [4.69, 9.17) is 9.15 Å². The maximum Gasteiger partial charge on any atom is 0.243 e. The molecule has 0 aliphatic heterocycles. The molecule has 1 aromatic heterocycles. The summed E-state index contributed by atoms with van der Waals surface area (Å²) in [6.07, 6.45) is 1.75. The largest absolute Gasteiger partial charge is 0.495 e. The van der Waals surface area contributed by atoms with Crippen LogP contribution in [0.5, 0.6) is 5.75 Å². The van der Waals surface area contributed by atoms with Gasteiger partial charge in [-0.2, -0.15) is 0 Å². The maximum absolute atomic E-state index is 12.3. The summed E-state index contributed by atoms with van der Waals surface area (Å²) in [6, 6.07) is 9.49. The van der Waals surface area contributed by atoms with Crippen LogP contribution in [0, 0.1) is 20.8 Å². The first kappa shape index (κ1) is 19.5. The van der Waals surface area contributed by atoms with E-state index in [0.717, 1.165) is 33.2 Å². The number of hydrogen-bond acceptors (Lipinski definition) is 4. The summed E-state index contributed by atoms with van der Waals surface area (Å²) in [5.74, 6) is 0.00821. The lowest BCUT2D eigenvalue weighted by Gasteiger charge is -2.11. The Kier molecular flexibility index (Phi) is 5.68. The smallest absolute Gasteiger partial charge is 0.243 e. The van der Waals surface area contributed by atoms with Gasteiger partial charge in [0.05, 0.1) is 32.0 Å². The summed E-state index contributed by atoms with van der Waals surface area (Å²) < 4.78 is 10.8. The Hall–Kier alpha value is -3.28.